The van der Waals surface area contributed by atoms with Crippen molar-refractivity contribution in [1.82, 2.24) is 14.5 Å². The van der Waals surface area contributed by atoms with Crippen molar-refractivity contribution in [3.8, 4) is 0 Å². The summed E-state index contributed by atoms with van der Waals surface area (Å²) in [7, 11) is 0. The van der Waals surface area contributed by atoms with Gasteiger partial charge in [0.05, 0.1) is 11.0 Å². The second kappa shape index (κ2) is 7.21. The molecule has 0 bridgehead atoms. The van der Waals surface area contributed by atoms with Gasteiger partial charge in [-0.15, -0.1) is 0 Å². The van der Waals surface area contributed by atoms with Crippen molar-refractivity contribution in [3.63, 3.8) is 0 Å². The Kier molecular flexibility index (Phi) is 4.39. The predicted molar refractivity (Wildman–Crippen MR) is 121 cm³/mol. The van der Waals surface area contributed by atoms with Gasteiger partial charge in [0.1, 0.15) is 11.3 Å². The van der Waals surface area contributed by atoms with Crippen LogP contribution in [0.15, 0.2) is 66.7 Å². The van der Waals surface area contributed by atoms with Crippen LogP contribution in [0.5, 0.6) is 0 Å². The predicted octanol–water partition coefficient (Wildman–Crippen LogP) is 5.71. The average molecular weight is 380 g/mol. The Morgan fingerprint density at radius 3 is 2.48 bits per heavy atom. The standard InChI is InChI=1S/C25H24N4/c1-2-3-15-22-28-23-24(20-13-6-7-14-21(20)27-25(23)26)29(22)16-18-11-8-10-17-9-4-5-12-19(17)18/h4-14H,2-3,15-16H2,1H3,(H2,26,27). The Labute approximate surface area is 170 Å². The molecule has 0 saturated heterocycles. The molecule has 29 heavy (non-hydrogen) atoms. The van der Waals surface area contributed by atoms with Crippen LogP contribution in [0.2, 0.25) is 0 Å². The Morgan fingerprint density at radius 1 is 0.862 bits per heavy atom. The van der Waals surface area contributed by atoms with E-state index in [0.29, 0.717) is 5.82 Å². The molecule has 0 aliphatic rings. The number of hydrogen-bond acceptors (Lipinski definition) is 3. The zero-order valence-electron chi connectivity index (χ0n) is 16.6. The van der Waals surface area contributed by atoms with E-state index >= 15 is 0 Å². The van der Waals surface area contributed by atoms with Crippen LogP contribution in [0, 0.1) is 0 Å². The molecule has 5 aromatic rings. The second-order valence-electron chi connectivity index (χ2n) is 7.57. The van der Waals surface area contributed by atoms with Gasteiger partial charge in [-0.2, -0.15) is 0 Å². The molecule has 0 radical (unpaired) electrons. The molecule has 4 heteroatoms. The van der Waals surface area contributed by atoms with E-state index < -0.39 is 0 Å². The molecule has 0 aliphatic heterocycles. The van der Waals surface area contributed by atoms with E-state index in [2.05, 4.69) is 71.1 Å². The lowest BCUT2D eigenvalue weighted by atomic mass is 10.0. The van der Waals surface area contributed by atoms with E-state index in [-0.39, 0.29) is 0 Å². The fourth-order valence-electron chi connectivity index (χ4n) is 4.20. The number of imidazole rings is 1. The number of nitrogens with zero attached hydrogens (tertiary/aromatic N) is 3. The van der Waals surface area contributed by atoms with E-state index in [1.165, 1.54) is 16.3 Å². The number of hydrogen-bond donors (Lipinski definition) is 1. The monoisotopic (exact) mass is 380 g/mol. The summed E-state index contributed by atoms with van der Waals surface area (Å²) in [6.45, 7) is 2.98. The SMILES string of the molecule is CCCCc1nc2c(N)nc3ccccc3c2n1Cc1cccc2ccccc12. The van der Waals surface area contributed by atoms with Gasteiger partial charge in [-0.05, 0) is 28.8 Å². The number of para-hydroxylation sites is 1. The number of benzene rings is 3. The largest absolute Gasteiger partial charge is 0.382 e. The van der Waals surface area contributed by atoms with E-state index in [0.717, 1.165) is 53.6 Å². The number of rotatable bonds is 5. The minimum atomic E-state index is 0.508. The van der Waals surface area contributed by atoms with Gasteiger partial charge in [-0.3, -0.25) is 0 Å². The van der Waals surface area contributed by atoms with Crippen LogP contribution in [0.1, 0.15) is 31.2 Å². The first kappa shape index (κ1) is 17.7. The van der Waals surface area contributed by atoms with Gasteiger partial charge in [-0.25, -0.2) is 9.97 Å². The van der Waals surface area contributed by atoms with Crippen molar-refractivity contribution >= 4 is 38.5 Å². The summed E-state index contributed by atoms with van der Waals surface area (Å²) in [5, 5.41) is 3.65. The van der Waals surface area contributed by atoms with Gasteiger partial charge in [0.15, 0.2) is 5.82 Å². The number of unbranched alkanes of at least 4 members (excludes halogenated alkanes) is 1. The lowest BCUT2D eigenvalue weighted by molar-refractivity contribution is 0.692. The third-order valence-corrected chi connectivity index (χ3v) is 5.65. The Hall–Kier alpha value is -3.40. The molecule has 0 spiro atoms. The topological polar surface area (TPSA) is 56.7 Å². The van der Waals surface area contributed by atoms with Crippen molar-refractivity contribution < 1.29 is 0 Å². The molecular formula is C25H24N4. The fourth-order valence-corrected chi connectivity index (χ4v) is 4.20. The summed E-state index contributed by atoms with van der Waals surface area (Å²) >= 11 is 0. The summed E-state index contributed by atoms with van der Waals surface area (Å²) in [6, 6.07) is 23.3. The third kappa shape index (κ3) is 3.01. The molecule has 0 atom stereocenters. The molecule has 2 heterocycles. The maximum Gasteiger partial charge on any atom is 0.152 e. The normalized spacial score (nSPS) is 11.6. The highest BCUT2D eigenvalue weighted by Crippen LogP contribution is 2.31. The minimum Gasteiger partial charge on any atom is -0.382 e. The molecule has 2 aromatic heterocycles. The van der Waals surface area contributed by atoms with Gasteiger partial charge in [0.25, 0.3) is 0 Å². The number of pyridine rings is 1. The van der Waals surface area contributed by atoms with Crippen LogP contribution in [-0.2, 0) is 13.0 Å². The molecule has 4 nitrogen and oxygen atoms in total. The zero-order chi connectivity index (χ0) is 19.8. The highest BCUT2D eigenvalue weighted by atomic mass is 15.1. The number of aromatic nitrogens is 3. The fraction of sp³-hybridized carbons (Fsp3) is 0.200. The Balaban J connectivity index is 1.78. The molecule has 5 rings (SSSR count). The molecule has 2 N–H and O–H groups in total. The molecule has 3 aromatic carbocycles. The van der Waals surface area contributed by atoms with Crippen LogP contribution in [0.3, 0.4) is 0 Å². The van der Waals surface area contributed by atoms with E-state index in [1.807, 2.05) is 12.1 Å². The van der Waals surface area contributed by atoms with E-state index in [4.69, 9.17) is 10.7 Å². The third-order valence-electron chi connectivity index (χ3n) is 5.65. The Morgan fingerprint density at radius 2 is 1.62 bits per heavy atom. The van der Waals surface area contributed by atoms with Crippen LogP contribution >= 0.6 is 0 Å². The summed E-state index contributed by atoms with van der Waals surface area (Å²) in [5.74, 6) is 1.59. The van der Waals surface area contributed by atoms with Crippen molar-refractivity contribution in [2.24, 2.45) is 0 Å². The molecule has 0 saturated carbocycles. The summed E-state index contributed by atoms with van der Waals surface area (Å²) < 4.78 is 2.35. The summed E-state index contributed by atoms with van der Waals surface area (Å²) in [6.07, 6.45) is 3.17. The van der Waals surface area contributed by atoms with Gasteiger partial charge in [0, 0.05) is 18.4 Å². The van der Waals surface area contributed by atoms with Crippen LogP contribution in [0.25, 0.3) is 32.7 Å². The number of fused-ring (bicyclic) bond motifs is 4. The summed E-state index contributed by atoms with van der Waals surface area (Å²) in [4.78, 5) is 9.55. The highest BCUT2D eigenvalue weighted by Gasteiger charge is 2.17. The minimum absolute atomic E-state index is 0.508. The van der Waals surface area contributed by atoms with Gasteiger partial charge in [0.2, 0.25) is 0 Å². The molecule has 0 aliphatic carbocycles. The van der Waals surface area contributed by atoms with Crippen molar-refractivity contribution in [1.29, 1.82) is 0 Å². The molecule has 0 fully saturated rings. The summed E-state index contributed by atoms with van der Waals surface area (Å²) in [5.41, 5.74) is 10.4. The lowest BCUT2D eigenvalue weighted by Crippen LogP contribution is -2.06. The van der Waals surface area contributed by atoms with E-state index in [9.17, 15) is 0 Å². The number of anilines is 1. The van der Waals surface area contributed by atoms with Crippen LogP contribution in [0.4, 0.5) is 5.82 Å². The molecule has 0 amide bonds. The first-order valence-corrected chi connectivity index (χ1v) is 10.3. The molecular weight excluding hydrogens is 356 g/mol. The first-order chi connectivity index (χ1) is 14.3. The molecule has 144 valence electrons. The van der Waals surface area contributed by atoms with Crippen LogP contribution < -0.4 is 5.73 Å². The zero-order valence-corrected chi connectivity index (χ0v) is 16.6. The maximum atomic E-state index is 6.33. The van der Waals surface area contributed by atoms with Gasteiger partial charge >= 0.3 is 0 Å². The smallest absolute Gasteiger partial charge is 0.152 e. The van der Waals surface area contributed by atoms with Crippen LogP contribution in [-0.4, -0.2) is 14.5 Å². The first-order valence-electron chi connectivity index (χ1n) is 10.3. The van der Waals surface area contributed by atoms with Crippen molar-refractivity contribution in [2.75, 3.05) is 5.73 Å². The highest BCUT2D eigenvalue weighted by molar-refractivity contribution is 6.06. The lowest BCUT2D eigenvalue weighted by Gasteiger charge is -2.13. The second-order valence-corrected chi connectivity index (χ2v) is 7.57. The maximum absolute atomic E-state index is 6.33. The average Bonchev–Trinajstić information content (AvgIpc) is 3.12. The quantitative estimate of drug-likeness (QED) is 0.425. The van der Waals surface area contributed by atoms with Crippen molar-refractivity contribution in [3.05, 3.63) is 78.1 Å². The molecule has 0 unspecified atom stereocenters. The van der Waals surface area contributed by atoms with Gasteiger partial charge < -0.3 is 10.3 Å². The number of aryl methyl sites for hydroxylation is 1. The number of nitrogen functional groups attached to an aromatic ring is 1. The number of nitrogens with two attached hydrogens (primary N) is 1. The Bertz CT molecular complexity index is 1330. The van der Waals surface area contributed by atoms with E-state index in [1.54, 1.807) is 0 Å². The van der Waals surface area contributed by atoms with Crippen molar-refractivity contribution in [2.45, 2.75) is 32.7 Å². The van der Waals surface area contributed by atoms with Gasteiger partial charge in [-0.1, -0.05) is 74.0 Å².